The first-order chi connectivity index (χ1) is 8.31. The van der Waals surface area contributed by atoms with Crippen LogP contribution in [0.5, 0.6) is 0 Å². The highest BCUT2D eigenvalue weighted by molar-refractivity contribution is 5.32. The average Bonchev–Trinajstić information content (AvgIpc) is 2.32. The van der Waals surface area contributed by atoms with Crippen molar-refractivity contribution in [3.8, 4) is 0 Å². The predicted molar refractivity (Wildman–Crippen MR) is 72.3 cm³/mol. The molecule has 1 N–H and O–H groups in total. The van der Waals surface area contributed by atoms with E-state index >= 15 is 0 Å². The van der Waals surface area contributed by atoms with Gasteiger partial charge in [0.15, 0.2) is 0 Å². The summed E-state index contributed by atoms with van der Waals surface area (Å²) >= 11 is 0. The molecule has 2 aliphatic rings. The van der Waals surface area contributed by atoms with Gasteiger partial charge in [0, 0.05) is 0 Å². The number of hydrogen-bond acceptors (Lipinski definition) is 1. The summed E-state index contributed by atoms with van der Waals surface area (Å²) < 4.78 is 0. The van der Waals surface area contributed by atoms with Gasteiger partial charge in [-0.2, -0.15) is 0 Å². The van der Waals surface area contributed by atoms with E-state index < -0.39 is 0 Å². The second-order valence-corrected chi connectivity index (χ2v) is 5.90. The molecule has 17 heavy (non-hydrogen) atoms. The first kappa shape index (κ1) is 11.3. The molecule has 0 aromatic heterocycles. The van der Waals surface area contributed by atoms with Gasteiger partial charge in [-0.15, -0.1) is 0 Å². The van der Waals surface area contributed by atoms with E-state index in [0.29, 0.717) is 5.41 Å². The van der Waals surface area contributed by atoms with Crippen LogP contribution in [0.3, 0.4) is 0 Å². The fourth-order valence-corrected chi connectivity index (χ4v) is 3.75. The lowest BCUT2D eigenvalue weighted by Gasteiger charge is -2.50. The van der Waals surface area contributed by atoms with Gasteiger partial charge in [0.1, 0.15) is 0 Å². The Morgan fingerprint density at radius 1 is 1.06 bits per heavy atom. The molecule has 1 aliphatic carbocycles. The third kappa shape index (κ3) is 1.91. The van der Waals surface area contributed by atoms with Crippen molar-refractivity contribution in [1.29, 1.82) is 0 Å². The average molecular weight is 229 g/mol. The van der Waals surface area contributed by atoms with Crippen LogP contribution in [0.1, 0.15) is 43.2 Å². The van der Waals surface area contributed by atoms with Crippen molar-refractivity contribution < 1.29 is 0 Å². The zero-order valence-corrected chi connectivity index (χ0v) is 10.8. The van der Waals surface area contributed by atoms with Gasteiger partial charge < -0.3 is 5.32 Å². The van der Waals surface area contributed by atoms with Crippen LogP contribution in [0, 0.1) is 12.8 Å². The summed E-state index contributed by atoms with van der Waals surface area (Å²) in [4.78, 5) is 0. The Balaban J connectivity index is 1.87. The van der Waals surface area contributed by atoms with Crippen molar-refractivity contribution in [2.75, 3.05) is 13.1 Å². The lowest BCUT2D eigenvalue weighted by molar-refractivity contribution is 0.116. The molecule has 1 aromatic rings. The van der Waals surface area contributed by atoms with E-state index in [9.17, 15) is 0 Å². The Morgan fingerprint density at radius 2 is 1.71 bits per heavy atom. The van der Waals surface area contributed by atoms with E-state index in [1.165, 1.54) is 50.8 Å². The highest BCUT2D eigenvalue weighted by Crippen LogP contribution is 2.51. The van der Waals surface area contributed by atoms with Gasteiger partial charge in [-0.3, -0.25) is 0 Å². The molecular weight excluding hydrogens is 206 g/mol. The summed E-state index contributed by atoms with van der Waals surface area (Å²) in [5.74, 6) is 0.917. The number of aryl methyl sites for hydroxylation is 1. The summed E-state index contributed by atoms with van der Waals surface area (Å²) in [5, 5.41) is 3.50. The Labute approximate surface area is 105 Å². The summed E-state index contributed by atoms with van der Waals surface area (Å²) in [6.07, 6.45) is 7.00. The van der Waals surface area contributed by atoms with Gasteiger partial charge in [-0.1, -0.05) is 36.2 Å². The highest BCUT2D eigenvalue weighted by Gasteiger charge is 2.45. The molecule has 1 heterocycles. The molecule has 2 fully saturated rings. The Kier molecular flexibility index (Phi) is 2.96. The van der Waals surface area contributed by atoms with Crippen molar-refractivity contribution in [1.82, 2.24) is 5.32 Å². The minimum atomic E-state index is 0.538. The van der Waals surface area contributed by atoms with Crippen LogP contribution in [0.4, 0.5) is 0 Å². The molecule has 1 aliphatic heterocycles. The van der Waals surface area contributed by atoms with Gasteiger partial charge in [-0.25, -0.2) is 0 Å². The maximum Gasteiger partial charge on any atom is -0.00178 e. The Morgan fingerprint density at radius 3 is 2.24 bits per heavy atom. The highest BCUT2D eigenvalue weighted by atomic mass is 14.9. The smallest absolute Gasteiger partial charge is 0.00178 e. The van der Waals surface area contributed by atoms with E-state index in [1.807, 2.05) is 0 Å². The van der Waals surface area contributed by atoms with Crippen LogP contribution < -0.4 is 5.32 Å². The van der Waals surface area contributed by atoms with Crippen LogP contribution in [0.15, 0.2) is 24.3 Å². The molecule has 1 saturated heterocycles. The predicted octanol–water partition coefficient (Wildman–Crippen LogP) is 3.42. The minimum absolute atomic E-state index is 0.538. The standard InChI is InChI=1S/C16H23N/c1-13-3-5-14(6-4-13)16(9-2-10-16)15-7-11-17-12-8-15/h3-6,15,17H,2,7-12H2,1H3. The lowest BCUT2D eigenvalue weighted by atomic mass is 9.55. The van der Waals surface area contributed by atoms with Crippen LogP contribution in [-0.2, 0) is 5.41 Å². The van der Waals surface area contributed by atoms with Gasteiger partial charge in [-0.05, 0) is 62.6 Å². The maximum atomic E-state index is 3.50. The fraction of sp³-hybridized carbons (Fsp3) is 0.625. The van der Waals surface area contributed by atoms with Crippen LogP contribution in [0.2, 0.25) is 0 Å². The number of benzene rings is 1. The molecule has 0 spiro atoms. The molecule has 0 amide bonds. The molecular formula is C16H23N. The van der Waals surface area contributed by atoms with Gasteiger partial charge >= 0.3 is 0 Å². The molecule has 1 aromatic carbocycles. The molecule has 1 heteroatoms. The normalized spacial score (nSPS) is 24.3. The number of hydrogen-bond donors (Lipinski definition) is 1. The van der Waals surface area contributed by atoms with E-state index in [0.717, 1.165) is 5.92 Å². The van der Waals surface area contributed by atoms with Crippen molar-refractivity contribution in [2.24, 2.45) is 5.92 Å². The molecule has 1 nitrogen and oxygen atoms in total. The largest absolute Gasteiger partial charge is 0.317 e. The molecule has 0 bridgehead atoms. The van der Waals surface area contributed by atoms with Crippen molar-refractivity contribution >= 4 is 0 Å². The zero-order valence-electron chi connectivity index (χ0n) is 10.8. The molecule has 0 atom stereocenters. The summed E-state index contributed by atoms with van der Waals surface area (Å²) in [6.45, 7) is 4.62. The van der Waals surface area contributed by atoms with Crippen LogP contribution in [0.25, 0.3) is 0 Å². The lowest BCUT2D eigenvalue weighted by Crippen LogP contribution is -2.46. The SMILES string of the molecule is Cc1ccc(C2(C3CCNCC3)CCC2)cc1. The number of piperidine rings is 1. The summed E-state index contributed by atoms with van der Waals surface area (Å²) in [7, 11) is 0. The quantitative estimate of drug-likeness (QED) is 0.819. The maximum absolute atomic E-state index is 3.50. The Hall–Kier alpha value is -0.820. The van der Waals surface area contributed by atoms with Gasteiger partial charge in [0.25, 0.3) is 0 Å². The van der Waals surface area contributed by atoms with Crippen LogP contribution in [-0.4, -0.2) is 13.1 Å². The third-order valence-electron chi connectivity index (χ3n) is 4.99. The number of rotatable bonds is 2. The Bertz CT molecular complexity index is 369. The summed E-state index contributed by atoms with van der Waals surface area (Å²) in [5.41, 5.74) is 3.53. The zero-order chi connectivity index (χ0) is 11.7. The molecule has 3 rings (SSSR count). The van der Waals surface area contributed by atoms with E-state index in [-0.39, 0.29) is 0 Å². The van der Waals surface area contributed by atoms with Crippen molar-refractivity contribution in [3.63, 3.8) is 0 Å². The van der Waals surface area contributed by atoms with Gasteiger partial charge in [0.2, 0.25) is 0 Å². The second-order valence-electron chi connectivity index (χ2n) is 5.90. The molecule has 92 valence electrons. The first-order valence-electron chi connectivity index (χ1n) is 7.09. The molecule has 0 unspecified atom stereocenters. The second kappa shape index (κ2) is 4.45. The van der Waals surface area contributed by atoms with E-state index in [2.05, 4.69) is 36.5 Å². The van der Waals surface area contributed by atoms with E-state index in [1.54, 1.807) is 5.56 Å². The molecule has 1 saturated carbocycles. The van der Waals surface area contributed by atoms with E-state index in [4.69, 9.17) is 0 Å². The monoisotopic (exact) mass is 229 g/mol. The minimum Gasteiger partial charge on any atom is -0.317 e. The summed E-state index contributed by atoms with van der Waals surface area (Å²) in [6, 6.07) is 9.35. The molecule has 0 radical (unpaired) electrons. The first-order valence-corrected chi connectivity index (χ1v) is 7.09. The van der Waals surface area contributed by atoms with Crippen molar-refractivity contribution in [2.45, 2.75) is 44.4 Å². The third-order valence-corrected chi connectivity index (χ3v) is 4.99. The topological polar surface area (TPSA) is 12.0 Å². The fourth-order valence-electron chi connectivity index (χ4n) is 3.75. The van der Waals surface area contributed by atoms with Crippen molar-refractivity contribution in [3.05, 3.63) is 35.4 Å². The number of nitrogens with one attached hydrogen (secondary N) is 1. The van der Waals surface area contributed by atoms with Crippen LogP contribution >= 0.6 is 0 Å². The van der Waals surface area contributed by atoms with Gasteiger partial charge in [0.05, 0.1) is 0 Å².